The minimum Gasteiger partial charge on any atom is -0.465 e. The fraction of sp³-hybridized carbons (Fsp3) is 0.556. The highest BCUT2D eigenvalue weighted by molar-refractivity contribution is 7.99. The maximum absolute atomic E-state index is 13.2. The number of quaternary nitrogens is 1. The lowest BCUT2D eigenvalue weighted by molar-refractivity contribution is -0.885. The zero-order valence-corrected chi connectivity index (χ0v) is 16.0. The monoisotopic (exact) mass is 385 g/mol. The number of amides is 1. The normalized spacial score (nSPS) is 18.0. The summed E-state index contributed by atoms with van der Waals surface area (Å²) in [6.45, 7) is 2.24. The van der Waals surface area contributed by atoms with Crippen molar-refractivity contribution in [1.82, 2.24) is 4.90 Å². The molecule has 1 unspecified atom stereocenters. The SMILES string of the molecule is COCCC[NH+](CC(=O)OC)CC(=O)N1CCS[C@H]1c1ccc(F)cc1. The lowest BCUT2D eigenvalue weighted by atomic mass is 10.2. The molecule has 1 heterocycles. The fourth-order valence-corrected chi connectivity index (χ4v) is 4.20. The number of ether oxygens (including phenoxy) is 2. The first-order valence-electron chi connectivity index (χ1n) is 8.61. The second kappa shape index (κ2) is 10.5. The largest absolute Gasteiger partial charge is 0.465 e. The van der Waals surface area contributed by atoms with Gasteiger partial charge in [0, 0.05) is 25.8 Å². The number of halogens is 1. The van der Waals surface area contributed by atoms with Gasteiger partial charge in [-0.3, -0.25) is 4.79 Å². The van der Waals surface area contributed by atoms with Gasteiger partial charge in [0.05, 0.1) is 20.3 Å². The number of nitrogens with one attached hydrogen (secondary N) is 1. The topological polar surface area (TPSA) is 60.3 Å². The number of hydrogen-bond donors (Lipinski definition) is 1. The van der Waals surface area contributed by atoms with Crippen molar-refractivity contribution in [3.8, 4) is 0 Å². The predicted molar refractivity (Wildman–Crippen MR) is 97.4 cm³/mol. The van der Waals surface area contributed by atoms with Gasteiger partial charge in [-0.15, -0.1) is 11.8 Å². The fourth-order valence-electron chi connectivity index (χ4n) is 2.93. The van der Waals surface area contributed by atoms with Gasteiger partial charge in [0.15, 0.2) is 13.1 Å². The summed E-state index contributed by atoms with van der Waals surface area (Å²) in [6.07, 6.45) is 0.756. The van der Waals surface area contributed by atoms with E-state index in [0.717, 1.165) is 22.6 Å². The number of carbonyl (C=O) groups is 2. The molecular formula is C18H26FN2O4S+. The summed E-state index contributed by atoms with van der Waals surface area (Å²) in [5.74, 6) is 0.197. The van der Waals surface area contributed by atoms with Crippen LogP contribution in [-0.4, -0.2) is 69.5 Å². The smallest absolute Gasteiger partial charge is 0.361 e. The van der Waals surface area contributed by atoms with E-state index in [1.807, 2.05) is 4.90 Å². The van der Waals surface area contributed by atoms with Gasteiger partial charge in [0.25, 0.3) is 5.91 Å². The second-order valence-electron chi connectivity index (χ2n) is 6.14. The van der Waals surface area contributed by atoms with Crippen molar-refractivity contribution in [3.05, 3.63) is 35.6 Å². The summed E-state index contributed by atoms with van der Waals surface area (Å²) in [5, 5.41) is -0.110. The number of hydrogen-bond acceptors (Lipinski definition) is 5. The molecule has 26 heavy (non-hydrogen) atoms. The van der Waals surface area contributed by atoms with E-state index in [4.69, 9.17) is 9.47 Å². The first-order chi connectivity index (χ1) is 12.5. The first-order valence-corrected chi connectivity index (χ1v) is 9.66. The standard InChI is InChI=1S/C18H25FN2O4S/c1-24-10-3-8-20(13-17(23)25-2)12-16(22)21-9-11-26-18(21)14-4-6-15(19)7-5-14/h4-7,18H,3,8-13H2,1-2H3/p+1/t18-/m0/s1. The van der Waals surface area contributed by atoms with Gasteiger partial charge in [0.1, 0.15) is 11.2 Å². The van der Waals surface area contributed by atoms with Crippen LogP contribution in [0.2, 0.25) is 0 Å². The molecule has 1 aliphatic rings. The molecule has 2 atom stereocenters. The molecule has 0 bridgehead atoms. The Balaban J connectivity index is 2.01. The average Bonchev–Trinajstić information content (AvgIpc) is 3.12. The van der Waals surface area contributed by atoms with E-state index in [-0.39, 0.29) is 36.2 Å². The summed E-state index contributed by atoms with van der Waals surface area (Å²) in [4.78, 5) is 27.1. The second-order valence-corrected chi connectivity index (χ2v) is 7.33. The molecule has 1 fully saturated rings. The van der Waals surface area contributed by atoms with Crippen molar-refractivity contribution in [2.45, 2.75) is 11.8 Å². The number of thioether (sulfide) groups is 1. The van der Waals surface area contributed by atoms with Crippen LogP contribution in [-0.2, 0) is 19.1 Å². The number of rotatable bonds is 9. The van der Waals surface area contributed by atoms with Crippen molar-refractivity contribution < 1.29 is 28.4 Å². The van der Waals surface area contributed by atoms with Crippen LogP contribution in [0.4, 0.5) is 4.39 Å². The molecule has 0 spiro atoms. The Labute approximate surface area is 157 Å². The van der Waals surface area contributed by atoms with Crippen LogP contribution in [0.25, 0.3) is 0 Å². The van der Waals surface area contributed by atoms with Gasteiger partial charge in [0.2, 0.25) is 0 Å². The van der Waals surface area contributed by atoms with Crippen LogP contribution < -0.4 is 4.90 Å². The van der Waals surface area contributed by atoms with Crippen LogP contribution in [0.3, 0.4) is 0 Å². The lowest BCUT2D eigenvalue weighted by Gasteiger charge is -2.26. The highest BCUT2D eigenvalue weighted by Crippen LogP contribution is 2.37. The van der Waals surface area contributed by atoms with E-state index in [0.29, 0.717) is 19.7 Å². The first kappa shape index (κ1) is 20.7. The van der Waals surface area contributed by atoms with Gasteiger partial charge >= 0.3 is 5.97 Å². The number of methoxy groups -OCH3 is 2. The zero-order chi connectivity index (χ0) is 18.9. The van der Waals surface area contributed by atoms with E-state index < -0.39 is 0 Å². The van der Waals surface area contributed by atoms with Gasteiger partial charge in [-0.05, 0) is 17.7 Å². The zero-order valence-electron chi connectivity index (χ0n) is 15.2. The number of benzene rings is 1. The maximum Gasteiger partial charge on any atom is 0.361 e. The van der Waals surface area contributed by atoms with Crippen LogP contribution in [0, 0.1) is 5.82 Å². The molecule has 1 amide bonds. The minimum atomic E-state index is -0.337. The average molecular weight is 385 g/mol. The molecular weight excluding hydrogens is 359 g/mol. The molecule has 0 aliphatic carbocycles. The minimum absolute atomic E-state index is 0.0133. The molecule has 0 saturated carbocycles. The van der Waals surface area contributed by atoms with Crippen LogP contribution in [0.1, 0.15) is 17.4 Å². The Morgan fingerprint density at radius 2 is 2.00 bits per heavy atom. The number of carbonyl (C=O) groups excluding carboxylic acids is 2. The highest BCUT2D eigenvalue weighted by Gasteiger charge is 2.33. The van der Waals surface area contributed by atoms with Crippen molar-refractivity contribution >= 4 is 23.6 Å². The predicted octanol–water partition coefficient (Wildman–Crippen LogP) is 0.494. The third-order valence-corrected chi connectivity index (χ3v) is 5.53. The summed E-state index contributed by atoms with van der Waals surface area (Å²) < 4.78 is 23.0. The lowest BCUT2D eigenvalue weighted by Crippen LogP contribution is -3.14. The molecule has 0 aromatic heterocycles. The molecule has 1 aromatic carbocycles. The molecule has 1 aliphatic heterocycles. The van der Waals surface area contributed by atoms with Gasteiger partial charge in [-0.2, -0.15) is 0 Å². The quantitative estimate of drug-likeness (QED) is 0.495. The summed E-state index contributed by atoms with van der Waals surface area (Å²) >= 11 is 1.67. The molecule has 8 heteroatoms. The number of nitrogens with zero attached hydrogens (tertiary/aromatic N) is 1. The van der Waals surface area contributed by atoms with Crippen LogP contribution in [0.15, 0.2) is 24.3 Å². The van der Waals surface area contributed by atoms with E-state index in [2.05, 4.69) is 0 Å². The van der Waals surface area contributed by atoms with Crippen LogP contribution >= 0.6 is 11.8 Å². The Morgan fingerprint density at radius 1 is 1.27 bits per heavy atom. The molecule has 1 aromatic rings. The molecule has 144 valence electrons. The van der Waals surface area contributed by atoms with E-state index in [1.165, 1.54) is 19.2 Å². The third-order valence-electron chi connectivity index (χ3n) is 4.27. The maximum atomic E-state index is 13.2. The van der Waals surface area contributed by atoms with Crippen molar-refractivity contribution in [3.63, 3.8) is 0 Å². The molecule has 0 radical (unpaired) electrons. The Hall–Kier alpha value is -1.64. The summed E-state index contributed by atoms with van der Waals surface area (Å²) in [6, 6.07) is 6.26. The highest BCUT2D eigenvalue weighted by atomic mass is 32.2. The van der Waals surface area contributed by atoms with Gasteiger partial charge in [-0.25, -0.2) is 9.18 Å². The third kappa shape index (κ3) is 5.96. The number of esters is 1. The molecule has 1 N–H and O–H groups in total. The van der Waals surface area contributed by atoms with Gasteiger partial charge in [-0.1, -0.05) is 12.1 Å². The molecule has 2 rings (SSSR count). The van der Waals surface area contributed by atoms with Crippen molar-refractivity contribution in [2.24, 2.45) is 0 Å². The van der Waals surface area contributed by atoms with Gasteiger partial charge < -0.3 is 19.3 Å². The van der Waals surface area contributed by atoms with Crippen molar-refractivity contribution in [1.29, 1.82) is 0 Å². The van der Waals surface area contributed by atoms with Crippen molar-refractivity contribution in [2.75, 3.05) is 52.8 Å². The summed E-state index contributed by atoms with van der Waals surface area (Å²) in [5.41, 5.74) is 0.913. The Kier molecular flexibility index (Phi) is 8.34. The van der Waals surface area contributed by atoms with E-state index in [9.17, 15) is 14.0 Å². The molecule has 6 nitrogen and oxygen atoms in total. The summed E-state index contributed by atoms with van der Waals surface area (Å²) in [7, 11) is 2.97. The van der Waals surface area contributed by atoms with E-state index >= 15 is 0 Å². The molecule has 1 saturated heterocycles. The Bertz CT molecular complexity index is 599. The van der Waals surface area contributed by atoms with E-state index in [1.54, 1.807) is 31.0 Å². The Morgan fingerprint density at radius 3 is 2.65 bits per heavy atom. The van der Waals surface area contributed by atoms with Crippen LogP contribution in [0.5, 0.6) is 0 Å².